The predicted molar refractivity (Wildman–Crippen MR) is 79.0 cm³/mol. The van der Waals surface area contributed by atoms with E-state index >= 15 is 0 Å². The van der Waals surface area contributed by atoms with E-state index in [-0.39, 0.29) is 17.3 Å². The molecule has 0 aromatic heterocycles. The van der Waals surface area contributed by atoms with Crippen molar-refractivity contribution < 1.29 is 13.9 Å². The molecule has 114 valence electrons. The molecule has 0 unspecified atom stereocenters. The minimum absolute atomic E-state index is 0.243. The number of hydrogen-bond acceptors (Lipinski definition) is 2. The van der Waals surface area contributed by atoms with Gasteiger partial charge < -0.3 is 9.64 Å². The van der Waals surface area contributed by atoms with Crippen LogP contribution in [0.3, 0.4) is 0 Å². The molecule has 2 aliphatic rings. The largest absolute Gasteiger partial charge is 0.444 e. The number of benzene rings is 1. The Morgan fingerprint density at radius 1 is 1.48 bits per heavy atom. The van der Waals surface area contributed by atoms with Crippen LogP contribution >= 0.6 is 11.6 Å². The van der Waals surface area contributed by atoms with Crippen molar-refractivity contribution in [2.75, 3.05) is 13.1 Å². The third-order valence-corrected chi connectivity index (χ3v) is 4.50. The molecule has 0 N–H and O–H groups in total. The first kappa shape index (κ1) is 14.6. The highest BCUT2D eigenvalue weighted by molar-refractivity contribution is 6.30. The van der Waals surface area contributed by atoms with Crippen LogP contribution in [0.15, 0.2) is 18.2 Å². The van der Waals surface area contributed by atoms with Crippen LogP contribution in [0.1, 0.15) is 32.8 Å². The summed E-state index contributed by atoms with van der Waals surface area (Å²) in [6.45, 7) is 6.65. The van der Waals surface area contributed by atoms with Gasteiger partial charge in [-0.3, -0.25) is 0 Å². The zero-order chi connectivity index (χ0) is 15.4. The summed E-state index contributed by atoms with van der Waals surface area (Å²) < 4.78 is 19.5. The molecule has 3 nitrogen and oxygen atoms in total. The Hall–Kier alpha value is -1.29. The Labute approximate surface area is 129 Å². The molecule has 21 heavy (non-hydrogen) atoms. The maximum atomic E-state index is 14.1. The highest BCUT2D eigenvalue weighted by atomic mass is 35.5. The Morgan fingerprint density at radius 3 is 2.86 bits per heavy atom. The standard InChI is InChI=1S/C16H19ClFNO2/c1-15(2,3)21-14(20)19-8-10-7-16(10,9-19)12-6-11(17)4-5-13(12)18/h4-6,10H,7-9H2,1-3H3/t10-,16-/m0/s1. The molecule has 1 saturated heterocycles. The molecule has 1 saturated carbocycles. The summed E-state index contributed by atoms with van der Waals surface area (Å²) in [7, 11) is 0. The lowest BCUT2D eigenvalue weighted by Crippen LogP contribution is -2.37. The number of nitrogens with zero attached hydrogens (tertiary/aromatic N) is 1. The highest BCUT2D eigenvalue weighted by Gasteiger charge is 2.63. The van der Waals surface area contributed by atoms with Gasteiger partial charge in [-0.1, -0.05) is 11.6 Å². The third kappa shape index (κ3) is 2.61. The molecular formula is C16H19ClFNO2. The van der Waals surface area contributed by atoms with E-state index in [4.69, 9.17) is 16.3 Å². The van der Waals surface area contributed by atoms with Crippen molar-refractivity contribution in [2.24, 2.45) is 5.92 Å². The van der Waals surface area contributed by atoms with Crippen LogP contribution in [0.5, 0.6) is 0 Å². The van der Waals surface area contributed by atoms with Crippen LogP contribution < -0.4 is 0 Å². The van der Waals surface area contributed by atoms with Crippen LogP contribution in [0.25, 0.3) is 0 Å². The molecule has 1 aliphatic heterocycles. The first-order valence-corrected chi connectivity index (χ1v) is 7.52. The highest BCUT2D eigenvalue weighted by Crippen LogP contribution is 2.59. The van der Waals surface area contributed by atoms with Crippen LogP contribution in [0.2, 0.25) is 5.02 Å². The van der Waals surface area contributed by atoms with E-state index < -0.39 is 5.60 Å². The molecule has 5 heteroatoms. The van der Waals surface area contributed by atoms with E-state index in [1.807, 2.05) is 20.8 Å². The first-order valence-electron chi connectivity index (χ1n) is 7.15. The fraction of sp³-hybridized carbons (Fsp3) is 0.562. The monoisotopic (exact) mass is 311 g/mol. The second-order valence-electron chi connectivity index (χ2n) is 7.04. The number of fused-ring (bicyclic) bond motifs is 1. The van der Waals surface area contributed by atoms with Crippen molar-refractivity contribution in [1.82, 2.24) is 4.90 Å². The molecule has 0 spiro atoms. The summed E-state index contributed by atoms with van der Waals surface area (Å²) in [6, 6.07) is 4.64. The van der Waals surface area contributed by atoms with Gasteiger partial charge in [0.05, 0.1) is 0 Å². The fourth-order valence-corrected chi connectivity index (χ4v) is 3.42. The van der Waals surface area contributed by atoms with Crippen molar-refractivity contribution in [1.29, 1.82) is 0 Å². The Bertz CT molecular complexity index is 598. The first-order chi connectivity index (χ1) is 9.71. The lowest BCUT2D eigenvalue weighted by Gasteiger charge is -2.26. The predicted octanol–water partition coefficient (Wildman–Crippen LogP) is 3.99. The molecule has 0 bridgehead atoms. The van der Waals surface area contributed by atoms with Crippen LogP contribution in [0, 0.1) is 11.7 Å². The molecule has 2 fully saturated rings. The molecule has 3 rings (SSSR count). The maximum Gasteiger partial charge on any atom is 0.410 e. The van der Waals surface area contributed by atoms with Gasteiger partial charge >= 0.3 is 6.09 Å². The van der Waals surface area contributed by atoms with Crippen molar-refractivity contribution in [3.8, 4) is 0 Å². The normalized spacial score (nSPS) is 27.5. The molecular weight excluding hydrogens is 293 g/mol. The van der Waals surface area contributed by atoms with Crippen molar-refractivity contribution in [3.63, 3.8) is 0 Å². The molecule has 1 heterocycles. The smallest absolute Gasteiger partial charge is 0.410 e. The molecule has 0 radical (unpaired) electrons. The molecule has 1 aromatic rings. The number of carbonyl (C=O) groups excluding carboxylic acids is 1. The van der Waals surface area contributed by atoms with Gasteiger partial charge in [-0.15, -0.1) is 0 Å². The van der Waals surface area contributed by atoms with Gasteiger partial charge in [-0.2, -0.15) is 0 Å². The quantitative estimate of drug-likeness (QED) is 0.785. The van der Waals surface area contributed by atoms with E-state index in [0.29, 0.717) is 29.6 Å². The number of carbonyl (C=O) groups is 1. The third-order valence-electron chi connectivity index (χ3n) is 4.26. The summed E-state index contributed by atoms with van der Waals surface area (Å²) in [5, 5.41) is 0.530. The molecule has 2 atom stereocenters. The number of piperidine rings is 1. The van der Waals surface area contributed by atoms with Gasteiger partial charge in [0, 0.05) is 23.5 Å². The van der Waals surface area contributed by atoms with Crippen LogP contribution in [-0.2, 0) is 10.2 Å². The number of hydrogen-bond donors (Lipinski definition) is 0. The van der Waals surface area contributed by atoms with Gasteiger partial charge in [0.1, 0.15) is 11.4 Å². The molecule has 1 aromatic carbocycles. The minimum Gasteiger partial charge on any atom is -0.444 e. The number of likely N-dealkylation sites (tertiary alicyclic amines) is 1. The van der Waals surface area contributed by atoms with E-state index in [1.165, 1.54) is 6.07 Å². The SMILES string of the molecule is CC(C)(C)OC(=O)N1C[C@@H]2C[C@]2(c2cc(Cl)ccc2F)C1. The lowest BCUT2D eigenvalue weighted by atomic mass is 9.94. The Balaban J connectivity index is 1.78. The number of amides is 1. The van der Waals surface area contributed by atoms with Gasteiger partial charge in [0.15, 0.2) is 0 Å². The fourth-order valence-electron chi connectivity index (χ4n) is 3.24. The summed E-state index contributed by atoms with van der Waals surface area (Å²) in [5.74, 6) is 0.0610. The summed E-state index contributed by atoms with van der Waals surface area (Å²) in [6.07, 6.45) is 0.584. The topological polar surface area (TPSA) is 29.5 Å². The zero-order valence-electron chi connectivity index (χ0n) is 12.5. The number of rotatable bonds is 1. The average Bonchev–Trinajstić information content (AvgIpc) is 2.93. The summed E-state index contributed by atoms with van der Waals surface area (Å²) in [4.78, 5) is 13.8. The number of ether oxygens (including phenoxy) is 1. The minimum atomic E-state index is -0.516. The summed E-state index contributed by atoms with van der Waals surface area (Å²) >= 11 is 5.99. The van der Waals surface area contributed by atoms with E-state index in [1.54, 1.807) is 17.0 Å². The molecule has 1 amide bonds. The van der Waals surface area contributed by atoms with Crippen molar-refractivity contribution >= 4 is 17.7 Å². The van der Waals surface area contributed by atoms with Gasteiger partial charge in [0.25, 0.3) is 0 Å². The Morgan fingerprint density at radius 2 is 2.19 bits per heavy atom. The van der Waals surface area contributed by atoms with Crippen molar-refractivity contribution in [3.05, 3.63) is 34.6 Å². The van der Waals surface area contributed by atoms with Gasteiger partial charge in [0.2, 0.25) is 0 Å². The average molecular weight is 312 g/mol. The molecule has 1 aliphatic carbocycles. The van der Waals surface area contributed by atoms with Gasteiger partial charge in [-0.05, 0) is 56.9 Å². The number of halogens is 2. The van der Waals surface area contributed by atoms with E-state index in [0.717, 1.165) is 6.42 Å². The zero-order valence-corrected chi connectivity index (χ0v) is 13.2. The lowest BCUT2D eigenvalue weighted by molar-refractivity contribution is 0.0270. The Kier molecular flexibility index (Phi) is 3.21. The van der Waals surface area contributed by atoms with Crippen LogP contribution in [0.4, 0.5) is 9.18 Å². The second-order valence-corrected chi connectivity index (χ2v) is 7.48. The van der Waals surface area contributed by atoms with Gasteiger partial charge in [-0.25, -0.2) is 9.18 Å². The maximum absolute atomic E-state index is 14.1. The van der Waals surface area contributed by atoms with Crippen molar-refractivity contribution in [2.45, 2.75) is 38.2 Å². The van der Waals surface area contributed by atoms with Crippen LogP contribution in [-0.4, -0.2) is 29.7 Å². The summed E-state index contributed by atoms with van der Waals surface area (Å²) in [5.41, 5.74) is -0.157. The second kappa shape index (κ2) is 4.60. The van der Waals surface area contributed by atoms with E-state index in [2.05, 4.69) is 0 Å². The van der Waals surface area contributed by atoms with E-state index in [9.17, 15) is 9.18 Å².